The molecule has 1 aliphatic heterocycles. The number of hydrogen-bond acceptors (Lipinski definition) is 5. The zero-order chi connectivity index (χ0) is 21.0. The van der Waals surface area contributed by atoms with Crippen LogP contribution in [0.2, 0.25) is 0 Å². The van der Waals surface area contributed by atoms with Crippen LogP contribution in [0.15, 0.2) is 30.3 Å². The van der Waals surface area contributed by atoms with Crippen molar-refractivity contribution in [2.45, 2.75) is 25.8 Å². The van der Waals surface area contributed by atoms with Gasteiger partial charge in [0.05, 0.1) is 26.9 Å². The lowest BCUT2D eigenvalue weighted by Gasteiger charge is -2.29. The molecular weight excluding hydrogens is 374 g/mol. The molecule has 0 atom stereocenters. The van der Waals surface area contributed by atoms with Gasteiger partial charge in [-0.2, -0.15) is 0 Å². The van der Waals surface area contributed by atoms with E-state index in [4.69, 9.17) is 14.2 Å². The first-order valence-corrected chi connectivity index (χ1v) is 9.39. The number of carbonyl (C=O) groups excluding carboxylic acids is 1. The Bertz CT molecular complexity index is 924. The van der Waals surface area contributed by atoms with Gasteiger partial charge in [-0.3, -0.25) is 4.79 Å². The van der Waals surface area contributed by atoms with Crippen LogP contribution in [-0.4, -0.2) is 49.8 Å². The number of amides is 1. The van der Waals surface area contributed by atoms with Crippen LogP contribution in [0.4, 0.5) is 0 Å². The minimum Gasteiger partial charge on any atom is -0.493 e. The molecule has 0 aromatic heterocycles. The van der Waals surface area contributed by atoms with Crippen LogP contribution in [0.5, 0.6) is 17.2 Å². The maximum absolute atomic E-state index is 12.8. The van der Waals surface area contributed by atoms with E-state index in [1.165, 1.54) is 0 Å². The normalized spacial score (nSPS) is 12.9. The van der Waals surface area contributed by atoms with Crippen molar-refractivity contribution < 1.29 is 28.9 Å². The van der Waals surface area contributed by atoms with Gasteiger partial charge in [0.1, 0.15) is 0 Å². The van der Waals surface area contributed by atoms with E-state index in [-0.39, 0.29) is 11.5 Å². The van der Waals surface area contributed by atoms with Gasteiger partial charge >= 0.3 is 5.97 Å². The van der Waals surface area contributed by atoms with Crippen LogP contribution >= 0.6 is 0 Å². The lowest BCUT2D eigenvalue weighted by atomic mass is 9.97. The molecule has 2 aromatic carbocycles. The van der Waals surface area contributed by atoms with Gasteiger partial charge in [-0.05, 0) is 47.7 Å². The van der Waals surface area contributed by atoms with E-state index in [2.05, 4.69) is 0 Å². The third-order valence-corrected chi connectivity index (χ3v) is 5.21. The molecule has 2 aromatic rings. The number of nitrogens with zero attached hydrogens (tertiary/aromatic N) is 1. The van der Waals surface area contributed by atoms with Crippen molar-refractivity contribution in [3.63, 3.8) is 0 Å². The fourth-order valence-electron chi connectivity index (χ4n) is 3.66. The fourth-order valence-corrected chi connectivity index (χ4v) is 3.66. The molecule has 1 amide bonds. The summed E-state index contributed by atoms with van der Waals surface area (Å²) in [4.78, 5) is 25.8. The van der Waals surface area contributed by atoms with Crippen molar-refractivity contribution in [1.29, 1.82) is 0 Å². The second-order valence-electron chi connectivity index (χ2n) is 6.85. The minimum absolute atomic E-state index is 0.0215. The lowest BCUT2D eigenvalue weighted by Crippen LogP contribution is -2.36. The van der Waals surface area contributed by atoms with Gasteiger partial charge < -0.3 is 24.2 Å². The molecule has 1 aliphatic rings. The highest BCUT2D eigenvalue weighted by molar-refractivity contribution is 5.88. The molecule has 3 rings (SSSR count). The highest BCUT2D eigenvalue weighted by atomic mass is 16.5. The molecule has 7 heteroatoms. The predicted molar refractivity (Wildman–Crippen MR) is 107 cm³/mol. The number of aryl methyl sites for hydroxylation is 1. The zero-order valence-corrected chi connectivity index (χ0v) is 16.9. The monoisotopic (exact) mass is 399 g/mol. The molecular formula is C22H25NO6. The second kappa shape index (κ2) is 8.86. The molecule has 1 heterocycles. The van der Waals surface area contributed by atoms with Crippen LogP contribution in [0.3, 0.4) is 0 Å². The number of aromatic carboxylic acids is 1. The summed E-state index contributed by atoms with van der Waals surface area (Å²) in [5.74, 6) is 0.703. The number of benzene rings is 2. The van der Waals surface area contributed by atoms with E-state index < -0.39 is 5.97 Å². The number of carboxylic acids is 1. The number of fused-ring (bicyclic) bond motifs is 1. The summed E-state index contributed by atoms with van der Waals surface area (Å²) in [6.45, 7) is 1.06. The third kappa shape index (κ3) is 4.29. The zero-order valence-electron chi connectivity index (χ0n) is 16.9. The maximum Gasteiger partial charge on any atom is 0.335 e. The van der Waals surface area contributed by atoms with Crippen LogP contribution in [-0.2, 0) is 24.2 Å². The summed E-state index contributed by atoms with van der Waals surface area (Å²) in [6, 6.07) is 8.79. The summed E-state index contributed by atoms with van der Waals surface area (Å²) < 4.78 is 16.2. The van der Waals surface area contributed by atoms with E-state index >= 15 is 0 Å². The van der Waals surface area contributed by atoms with Gasteiger partial charge in [0.25, 0.3) is 0 Å². The quantitative estimate of drug-likeness (QED) is 0.771. The number of methoxy groups -OCH3 is 3. The van der Waals surface area contributed by atoms with Gasteiger partial charge in [0.2, 0.25) is 11.7 Å². The Hall–Kier alpha value is -3.22. The fraction of sp³-hybridized carbons (Fsp3) is 0.364. The van der Waals surface area contributed by atoms with E-state index in [9.17, 15) is 14.7 Å². The minimum atomic E-state index is -0.961. The molecule has 0 saturated carbocycles. The molecule has 0 unspecified atom stereocenters. The Balaban J connectivity index is 1.70. The maximum atomic E-state index is 12.8. The van der Waals surface area contributed by atoms with Crippen molar-refractivity contribution in [3.8, 4) is 17.2 Å². The van der Waals surface area contributed by atoms with Crippen LogP contribution < -0.4 is 14.2 Å². The Kier molecular flexibility index (Phi) is 6.26. The summed E-state index contributed by atoms with van der Waals surface area (Å²) in [5, 5.41) is 9.19. The van der Waals surface area contributed by atoms with Gasteiger partial charge in [0.15, 0.2) is 11.5 Å². The Morgan fingerprint density at radius 2 is 1.76 bits per heavy atom. The summed E-state index contributed by atoms with van der Waals surface area (Å²) >= 11 is 0. The van der Waals surface area contributed by atoms with Crippen molar-refractivity contribution in [1.82, 2.24) is 4.90 Å². The predicted octanol–water partition coefficient (Wildman–Crippen LogP) is 2.93. The second-order valence-corrected chi connectivity index (χ2v) is 6.85. The van der Waals surface area contributed by atoms with Crippen LogP contribution in [0, 0.1) is 0 Å². The topological polar surface area (TPSA) is 85.3 Å². The first-order valence-electron chi connectivity index (χ1n) is 9.39. The van der Waals surface area contributed by atoms with Gasteiger partial charge in [-0.25, -0.2) is 4.79 Å². The van der Waals surface area contributed by atoms with Crippen molar-refractivity contribution in [2.24, 2.45) is 0 Å². The van der Waals surface area contributed by atoms with E-state index in [0.29, 0.717) is 43.2 Å². The average molecular weight is 399 g/mol. The highest BCUT2D eigenvalue weighted by Crippen LogP contribution is 2.40. The van der Waals surface area contributed by atoms with E-state index in [1.54, 1.807) is 44.4 Å². The molecule has 0 radical (unpaired) electrons. The van der Waals surface area contributed by atoms with Crippen LogP contribution in [0.25, 0.3) is 0 Å². The summed E-state index contributed by atoms with van der Waals surface area (Å²) in [7, 11) is 4.67. The first kappa shape index (κ1) is 20.5. The highest BCUT2D eigenvalue weighted by Gasteiger charge is 2.23. The van der Waals surface area contributed by atoms with Crippen LogP contribution in [0.1, 0.15) is 33.5 Å². The standard InChI is InChI=1S/C22H25NO6/c1-27-18-8-6-15(20(28-2)21(18)29-3)7-9-19(24)23-11-10-14-4-5-16(22(25)26)12-17(14)13-23/h4-6,8,12H,7,9-11,13H2,1-3H3,(H,25,26). The molecule has 1 N–H and O–H groups in total. The summed E-state index contributed by atoms with van der Waals surface area (Å²) in [5.41, 5.74) is 3.10. The molecule has 29 heavy (non-hydrogen) atoms. The summed E-state index contributed by atoms with van der Waals surface area (Å²) in [6.07, 6.45) is 1.54. The lowest BCUT2D eigenvalue weighted by molar-refractivity contribution is -0.132. The molecule has 154 valence electrons. The molecule has 0 bridgehead atoms. The molecule has 0 spiro atoms. The number of carboxylic acid groups (broad SMARTS) is 1. The Morgan fingerprint density at radius 3 is 2.41 bits per heavy atom. The van der Waals surface area contributed by atoms with Crippen molar-refractivity contribution in [2.75, 3.05) is 27.9 Å². The third-order valence-electron chi connectivity index (χ3n) is 5.21. The molecule has 0 saturated heterocycles. The number of hydrogen-bond donors (Lipinski definition) is 1. The van der Waals surface area contributed by atoms with Gasteiger partial charge in [-0.1, -0.05) is 12.1 Å². The number of carbonyl (C=O) groups is 2. The smallest absolute Gasteiger partial charge is 0.335 e. The number of ether oxygens (including phenoxy) is 3. The first-order chi connectivity index (χ1) is 14.0. The Labute approximate surface area is 169 Å². The van der Waals surface area contributed by atoms with E-state index in [0.717, 1.165) is 23.1 Å². The SMILES string of the molecule is COc1ccc(CCC(=O)N2CCc3ccc(C(=O)O)cc3C2)c(OC)c1OC. The van der Waals surface area contributed by atoms with E-state index in [1.807, 2.05) is 12.1 Å². The number of rotatable bonds is 7. The average Bonchev–Trinajstić information content (AvgIpc) is 2.75. The van der Waals surface area contributed by atoms with Gasteiger partial charge in [-0.15, -0.1) is 0 Å². The molecule has 0 fully saturated rings. The van der Waals surface area contributed by atoms with Crippen molar-refractivity contribution >= 4 is 11.9 Å². The molecule has 7 nitrogen and oxygen atoms in total. The molecule has 0 aliphatic carbocycles. The largest absolute Gasteiger partial charge is 0.493 e. The van der Waals surface area contributed by atoms with Crippen molar-refractivity contribution in [3.05, 3.63) is 52.6 Å². The van der Waals surface area contributed by atoms with Gasteiger partial charge in [0, 0.05) is 19.5 Å². The Morgan fingerprint density at radius 1 is 1.00 bits per heavy atom.